The van der Waals surface area contributed by atoms with Crippen LogP contribution in [-0.2, 0) is 6.54 Å². The molecule has 0 aliphatic carbocycles. The standard InChI is InChI=1S/C25H22N6O/c1-18-7-13-21(14-8-18)31-24(17-30-26-15-16-27-30)28-29-25(31)20-11-9-19(10-12-20)22-5-3-4-6-23(22)32-2/h3-16H,17H2,1-2H3. The molecule has 0 unspecified atom stereocenters. The number of hydrogen-bond acceptors (Lipinski definition) is 5. The molecule has 2 heterocycles. The largest absolute Gasteiger partial charge is 0.496 e. The number of ether oxygens (including phenoxy) is 1. The Morgan fingerprint density at radius 3 is 2.19 bits per heavy atom. The van der Waals surface area contributed by atoms with E-state index >= 15 is 0 Å². The Labute approximate surface area is 185 Å². The van der Waals surface area contributed by atoms with Gasteiger partial charge in [0.15, 0.2) is 11.6 Å². The van der Waals surface area contributed by atoms with Crippen LogP contribution < -0.4 is 4.74 Å². The molecule has 2 aromatic heterocycles. The maximum atomic E-state index is 5.51. The first-order chi connectivity index (χ1) is 15.7. The van der Waals surface area contributed by atoms with Crippen LogP contribution in [0.15, 0.2) is 85.2 Å². The van der Waals surface area contributed by atoms with Gasteiger partial charge < -0.3 is 4.74 Å². The molecule has 0 N–H and O–H groups in total. The van der Waals surface area contributed by atoms with Crippen molar-refractivity contribution in [3.63, 3.8) is 0 Å². The maximum absolute atomic E-state index is 5.51. The second-order valence-corrected chi connectivity index (χ2v) is 7.45. The van der Waals surface area contributed by atoms with Crippen LogP contribution in [0.5, 0.6) is 5.75 Å². The van der Waals surface area contributed by atoms with Crippen molar-refractivity contribution in [2.75, 3.05) is 7.11 Å². The second-order valence-electron chi connectivity index (χ2n) is 7.45. The lowest BCUT2D eigenvalue weighted by molar-refractivity contribution is 0.416. The summed E-state index contributed by atoms with van der Waals surface area (Å²) in [6.07, 6.45) is 3.31. The van der Waals surface area contributed by atoms with Gasteiger partial charge in [-0.05, 0) is 30.7 Å². The van der Waals surface area contributed by atoms with E-state index in [-0.39, 0.29) is 0 Å². The van der Waals surface area contributed by atoms with Crippen molar-refractivity contribution in [2.45, 2.75) is 13.5 Å². The highest BCUT2D eigenvalue weighted by atomic mass is 16.5. The number of rotatable bonds is 6. The minimum absolute atomic E-state index is 0.424. The van der Waals surface area contributed by atoms with Crippen LogP contribution in [0.2, 0.25) is 0 Å². The number of hydrogen-bond donors (Lipinski definition) is 0. The number of para-hydroxylation sites is 1. The summed E-state index contributed by atoms with van der Waals surface area (Å²) < 4.78 is 7.57. The Bertz CT molecular complexity index is 1320. The molecule has 0 radical (unpaired) electrons. The molecule has 32 heavy (non-hydrogen) atoms. The van der Waals surface area contributed by atoms with E-state index in [1.807, 2.05) is 18.2 Å². The molecule has 7 nitrogen and oxygen atoms in total. The molecular formula is C25H22N6O. The lowest BCUT2D eigenvalue weighted by atomic mass is 10.0. The van der Waals surface area contributed by atoms with E-state index in [9.17, 15) is 0 Å². The zero-order chi connectivity index (χ0) is 21.9. The average Bonchev–Trinajstić information content (AvgIpc) is 3.50. The topological polar surface area (TPSA) is 70.7 Å². The molecule has 0 bridgehead atoms. The van der Waals surface area contributed by atoms with E-state index < -0.39 is 0 Å². The summed E-state index contributed by atoms with van der Waals surface area (Å²) in [5.41, 5.74) is 5.28. The van der Waals surface area contributed by atoms with E-state index in [1.54, 1.807) is 24.3 Å². The van der Waals surface area contributed by atoms with E-state index in [0.29, 0.717) is 6.54 Å². The second kappa shape index (κ2) is 8.47. The lowest BCUT2D eigenvalue weighted by Gasteiger charge is -2.12. The van der Waals surface area contributed by atoms with Gasteiger partial charge in [-0.25, -0.2) is 0 Å². The van der Waals surface area contributed by atoms with Gasteiger partial charge in [0, 0.05) is 16.8 Å². The van der Waals surface area contributed by atoms with Gasteiger partial charge >= 0.3 is 0 Å². The zero-order valence-corrected chi connectivity index (χ0v) is 17.9. The van der Waals surface area contributed by atoms with Crippen LogP contribution in [0.25, 0.3) is 28.2 Å². The van der Waals surface area contributed by atoms with Gasteiger partial charge in [0.2, 0.25) is 0 Å². The maximum Gasteiger partial charge on any atom is 0.168 e. The molecule has 3 aromatic carbocycles. The summed E-state index contributed by atoms with van der Waals surface area (Å²) in [6.45, 7) is 2.50. The van der Waals surface area contributed by atoms with Gasteiger partial charge in [-0.1, -0.05) is 60.2 Å². The first kappa shape index (κ1) is 19.7. The summed E-state index contributed by atoms with van der Waals surface area (Å²) >= 11 is 0. The number of benzene rings is 3. The Hall–Kier alpha value is -4.26. The molecule has 0 aliphatic rings. The predicted molar refractivity (Wildman–Crippen MR) is 123 cm³/mol. The Kier molecular flexibility index (Phi) is 5.21. The van der Waals surface area contributed by atoms with Crippen LogP contribution in [0, 0.1) is 6.92 Å². The number of nitrogens with zero attached hydrogens (tertiary/aromatic N) is 6. The van der Waals surface area contributed by atoms with Gasteiger partial charge in [-0.3, -0.25) is 4.57 Å². The molecule has 7 heteroatoms. The van der Waals surface area contributed by atoms with Crippen LogP contribution in [0.1, 0.15) is 11.4 Å². The number of aryl methyl sites for hydroxylation is 1. The van der Waals surface area contributed by atoms with Gasteiger partial charge in [-0.15, -0.1) is 10.2 Å². The molecule has 5 aromatic rings. The summed E-state index contributed by atoms with van der Waals surface area (Å²) in [7, 11) is 1.69. The molecule has 0 saturated heterocycles. The third-order valence-corrected chi connectivity index (χ3v) is 5.33. The monoisotopic (exact) mass is 422 g/mol. The summed E-state index contributed by atoms with van der Waals surface area (Å²) in [4.78, 5) is 1.60. The number of methoxy groups -OCH3 is 1. The highest BCUT2D eigenvalue weighted by Crippen LogP contribution is 2.31. The van der Waals surface area contributed by atoms with E-state index in [0.717, 1.165) is 39.8 Å². The van der Waals surface area contributed by atoms with E-state index in [4.69, 9.17) is 4.74 Å². The summed E-state index contributed by atoms with van der Waals surface area (Å²) in [5, 5.41) is 17.4. The molecule has 0 amide bonds. The van der Waals surface area contributed by atoms with Crippen LogP contribution in [-0.4, -0.2) is 36.9 Å². The van der Waals surface area contributed by atoms with Crippen LogP contribution in [0.3, 0.4) is 0 Å². The molecule has 0 fully saturated rings. The molecule has 0 saturated carbocycles. The third-order valence-electron chi connectivity index (χ3n) is 5.33. The summed E-state index contributed by atoms with van der Waals surface area (Å²) in [5.74, 6) is 2.37. The number of aromatic nitrogens is 6. The van der Waals surface area contributed by atoms with Gasteiger partial charge in [0.05, 0.1) is 19.5 Å². The fourth-order valence-electron chi connectivity index (χ4n) is 3.70. The zero-order valence-electron chi connectivity index (χ0n) is 17.9. The average molecular weight is 422 g/mol. The van der Waals surface area contributed by atoms with Crippen molar-refractivity contribution < 1.29 is 4.74 Å². The molecular weight excluding hydrogens is 400 g/mol. The minimum atomic E-state index is 0.424. The van der Waals surface area contributed by atoms with E-state index in [1.165, 1.54) is 5.56 Å². The van der Waals surface area contributed by atoms with Crippen LogP contribution >= 0.6 is 0 Å². The third kappa shape index (κ3) is 3.76. The van der Waals surface area contributed by atoms with Gasteiger partial charge in [0.1, 0.15) is 12.3 Å². The first-order valence-electron chi connectivity index (χ1n) is 10.3. The molecule has 0 aliphatic heterocycles. The van der Waals surface area contributed by atoms with Crippen molar-refractivity contribution in [2.24, 2.45) is 0 Å². The normalized spacial score (nSPS) is 10.9. The fraction of sp³-hybridized carbons (Fsp3) is 0.120. The Morgan fingerprint density at radius 1 is 0.781 bits per heavy atom. The van der Waals surface area contributed by atoms with Crippen molar-refractivity contribution in [3.8, 4) is 34.0 Å². The molecule has 5 rings (SSSR count). The molecule has 0 atom stereocenters. The first-order valence-corrected chi connectivity index (χ1v) is 10.3. The van der Waals surface area contributed by atoms with Crippen molar-refractivity contribution in [1.82, 2.24) is 29.8 Å². The highest BCUT2D eigenvalue weighted by molar-refractivity contribution is 5.73. The minimum Gasteiger partial charge on any atom is -0.496 e. The van der Waals surface area contributed by atoms with Crippen LogP contribution in [0.4, 0.5) is 0 Å². The molecule has 0 spiro atoms. The quantitative estimate of drug-likeness (QED) is 0.401. The highest BCUT2D eigenvalue weighted by Gasteiger charge is 2.17. The molecule has 158 valence electrons. The lowest BCUT2D eigenvalue weighted by Crippen LogP contribution is -2.10. The Morgan fingerprint density at radius 2 is 1.47 bits per heavy atom. The van der Waals surface area contributed by atoms with Crippen molar-refractivity contribution in [3.05, 3.63) is 96.6 Å². The predicted octanol–water partition coefficient (Wildman–Crippen LogP) is 4.56. The van der Waals surface area contributed by atoms with Gasteiger partial charge in [0.25, 0.3) is 0 Å². The Balaban J connectivity index is 1.57. The van der Waals surface area contributed by atoms with Gasteiger partial charge in [-0.2, -0.15) is 15.0 Å². The van der Waals surface area contributed by atoms with Crippen molar-refractivity contribution >= 4 is 0 Å². The summed E-state index contributed by atoms with van der Waals surface area (Å²) in [6, 6.07) is 24.6. The fourth-order valence-corrected chi connectivity index (χ4v) is 3.70. The smallest absolute Gasteiger partial charge is 0.168 e. The SMILES string of the molecule is COc1ccccc1-c1ccc(-c2nnc(Cn3nccn3)n2-c2ccc(C)cc2)cc1. The van der Waals surface area contributed by atoms with Crippen molar-refractivity contribution in [1.29, 1.82) is 0 Å². The van der Waals surface area contributed by atoms with E-state index in [2.05, 4.69) is 86.5 Å².